The van der Waals surface area contributed by atoms with Gasteiger partial charge in [-0.3, -0.25) is 9.69 Å². The van der Waals surface area contributed by atoms with Crippen LogP contribution >= 0.6 is 0 Å². The maximum Gasteiger partial charge on any atom is 0.325 e. The smallest absolute Gasteiger partial charge is 0.325 e. The standard InChI is InChI=1S/C18H27NO2/c1-4-6-7-8-13-19-16(17(19)18(20)21-5-2)15-11-9-14(3)10-12-15/h9-12,16-17H,4-8,13H2,1-3H3/t16-,17+,19?/m1/s1. The van der Waals surface area contributed by atoms with Gasteiger partial charge in [-0.1, -0.05) is 56.0 Å². The summed E-state index contributed by atoms with van der Waals surface area (Å²) in [7, 11) is 0. The van der Waals surface area contributed by atoms with E-state index in [-0.39, 0.29) is 18.1 Å². The SMILES string of the molecule is CCCCCCN1[C@H](C(=O)OCC)[C@H]1c1ccc(C)cc1. The van der Waals surface area contributed by atoms with E-state index in [2.05, 4.69) is 43.0 Å². The van der Waals surface area contributed by atoms with Gasteiger partial charge in [-0.15, -0.1) is 0 Å². The molecule has 1 unspecified atom stereocenters. The topological polar surface area (TPSA) is 29.3 Å². The molecule has 1 aliphatic heterocycles. The second kappa shape index (κ2) is 7.60. The number of carbonyl (C=O) groups is 1. The van der Waals surface area contributed by atoms with Crippen molar-refractivity contribution in [2.24, 2.45) is 0 Å². The van der Waals surface area contributed by atoms with E-state index < -0.39 is 0 Å². The summed E-state index contributed by atoms with van der Waals surface area (Å²) in [5.74, 6) is -0.0708. The van der Waals surface area contributed by atoms with Crippen LogP contribution in [0.3, 0.4) is 0 Å². The van der Waals surface area contributed by atoms with Gasteiger partial charge in [0.1, 0.15) is 6.04 Å². The van der Waals surface area contributed by atoms with Gasteiger partial charge >= 0.3 is 5.97 Å². The predicted octanol–water partition coefficient (Wildman–Crippen LogP) is 3.86. The summed E-state index contributed by atoms with van der Waals surface area (Å²) >= 11 is 0. The summed E-state index contributed by atoms with van der Waals surface area (Å²) in [5.41, 5.74) is 2.48. The molecule has 1 aromatic carbocycles. The Bertz CT molecular complexity index is 455. The number of carbonyl (C=O) groups excluding carboxylic acids is 1. The summed E-state index contributed by atoms with van der Waals surface area (Å²) in [6.45, 7) is 7.62. The molecular formula is C18H27NO2. The van der Waals surface area contributed by atoms with Gasteiger partial charge in [-0.2, -0.15) is 0 Å². The van der Waals surface area contributed by atoms with Gasteiger partial charge in [0.25, 0.3) is 0 Å². The van der Waals surface area contributed by atoms with Gasteiger partial charge in [-0.25, -0.2) is 0 Å². The fraction of sp³-hybridized carbons (Fsp3) is 0.611. The molecular weight excluding hydrogens is 262 g/mol. The summed E-state index contributed by atoms with van der Waals surface area (Å²) in [6, 6.07) is 8.65. The normalized spacial score (nSPS) is 23.9. The van der Waals surface area contributed by atoms with Crippen LogP contribution in [-0.2, 0) is 9.53 Å². The fourth-order valence-electron chi connectivity index (χ4n) is 2.90. The first-order valence-corrected chi connectivity index (χ1v) is 8.18. The van der Waals surface area contributed by atoms with Crippen molar-refractivity contribution < 1.29 is 9.53 Å². The van der Waals surface area contributed by atoms with Gasteiger partial charge in [0.15, 0.2) is 0 Å². The van der Waals surface area contributed by atoms with E-state index in [9.17, 15) is 4.79 Å². The van der Waals surface area contributed by atoms with Crippen molar-refractivity contribution in [1.29, 1.82) is 0 Å². The highest BCUT2D eigenvalue weighted by Crippen LogP contribution is 2.44. The molecule has 1 aliphatic rings. The number of ether oxygens (including phenoxy) is 1. The molecule has 0 amide bonds. The highest BCUT2D eigenvalue weighted by atomic mass is 16.5. The van der Waals surface area contributed by atoms with E-state index in [1.165, 1.54) is 30.4 Å². The van der Waals surface area contributed by atoms with Crippen molar-refractivity contribution in [3.05, 3.63) is 35.4 Å². The molecule has 0 spiro atoms. The number of aryl methyl sites for hydroxylation is 1. The quantitative estimate of drug-likeness (QED) is 0.413. The molecule has 1 heterocycles. The lowest BCUT2D eigenvalue weighted by Crippen LogP contribution is -2.16. The van der Waals surface area contributed by atoms with Crippen molar-refractivity contribution in [1.82, 2.24) is 4.90 Å². The number of unbranched alkanes of at least 4 members (excludes halogenated alkanes) is 3. The molecule has 21 heavy (non-hydrogen) atoms. The summed E-state index contributed by atoms with van der Waals surface area (Å²) in [6.07, 6.45) is 4.91. The Hall–Kier alpha value is -1.35. The highest BCUT2D eigenvalue weighted by molar-refractivity contribution is 5.80. The number of nitrogens with zero attached hydrogens (tertiary/aromatic N) is 1. The molecule has 1 fully saturated rings. The molecule has 0 bridgehead atoms. The minimum absolute atomic E-state index is 0.0708. The molecule has 0 aromatic heterocycles. The number of hydrogen-bond acceptors (Lipinski definition) is 3. The van der Waals surface area contributed by atoms with Crippen LogP contribution < -0.4 is 0 Å². The molecule has 0 N–H and O–H groups in total. The average Bonchev–Trinajstić information content (AvgIpc) is 3.19. The Labute approximate surface area is 128 Å². The monoisotopic (exact) mass is 289 g/mol. The maximum absolute atomic E-state index is 12.1. The molecule has 3 heteroatoms. The summed E-state index contributed by atoms with van der Waals surface area (Å²) in [5, 5.41) is 0. The summed E-state index contributed by atoms with van der Waals surface area (Å²) in [4.78, 5) is 14.4. The Morgan fingerprint density at radius 2 is 1.86 bits per heavy atom. The summed E-state index contributed by atoms with van der Waals surface area (Å²) < 4.78 is 5.22. The highest BCUT2D eigenvalue weighted by Gasteiger charge is 2.53. The van der Waals surface area contributed by atoms with Gasteiger partial charge in [0.05, 0.1) is 12.6 Å². The van der Waals surface area contributed by atoms with Gasteiger partial charge in [0.2, 0.25) is 0 Å². The second-order valence-corrected chi connectivity index (χ2v) is 5.85. The minimum atomic E-state index is -0.0747. The van der Waals surface area contributed by atoms with Crippen LogP contribution in [-0.4, -0.2) is 30.1 Å². The largest absolute Gasteiger partial charge is 0.465 e. The molecule has 1 aromatic rings. The molecule has 1 saturated heterocycles. The molecule has 116 valence electrons. The van der Waals surface area contributed by atoms with Crippen molar-refractivity contribution in [2.45, 2.75) is 58.5 Å². The van der Waals surface area contributed by atoms with Crippen LogP contribution in [0.15, 0.2) is 24.3 Å². The molecule has 0 radical (unpaired) electrons. The van der Waals surface area contributed by atoms with Gasteiger partial charge in [-0.05, 0) is 32.4 Å². The number of benzene rings is 1. The third kappa shape index (κ3) is 4.07. The first-order valence-electron chi connectivity index (χ1n) is 8.18. The van der Waals surface area contributed by atoms with Crippen LogP contribution in [0.2, 0.25) is 0 Å². The van der Waals surface area contributed by atoms with E-state index in [1.807, 2.05) is 6.92 Å². The molecule has 3 nitrogen and oxygen atoms in total. The number of rotatable bonds is 8. The number of esters is 1. The second-order valence-electron chi connectivity index (χ2n) is 5.85. The van der Waals surface area contributed by atoms with E-state index in [4.69, 9.17) is 4.74 Å². The zero-order valence-electron chi connectivity index (χ0n) is 13.5. The Morgan fingerprint density at radius 3 is 2.48 bits per heavy atom. The third-order valence-corrected chi connectivity index (χ3v) is 4.14. The molecule has 0 aliphatic carbocycles. The maximum atomic E-state index is 12.1. The van der Waals surface area contributed by atoms with E-state index in [0.717, 1.165) is 13.0 Å². The van der Waals surface area contributed by atoms with E-state index in [0.29, 0.717) is 6.61 Å². The lowest BCUT2D eigenvalue weighted by molar-refractivity contribution is -0.143. The van der Waals surface area contributed by atoms with Crippen LogP contribution in [0.1, 0.15) is 56.7 Å². The lowest BCUT2D eigenvalue weighted by atomic mass is 10.1. The predicted molar refractivity (Wildman–Crippen MR) is 85.2 cm³/mol. The van der Waals surface area contributed by atoms with Crippen molar-refractivity contribution in [3.8, 4) is 0 Å². The van der Waals surface area contributed by atoms with E-state index in [1.54, 1.807) is 0 Å². The zero-order valence-corrected chi connectivity index (χ0v) is 13.5. The van der Waals surface area contributed by atoms with Gasteiger partial charge in [0, 0.05) is 0 Å². The number of hydrogen-bond donors (Lipinski definition) is 0. The Balaban J connectivity index is 1.98. The first kappa shape index (κ1) is 16.0. The van der Waals surface area contributed by atoms with Gasteiger partial charge < -0.3 is 4.74 Å². The Morgan fingerprint density at radius 1 is 1.14 bits per heavy atom. The minimum Gasteiger partial charge on any atom is -0.465 e. The fourth-order valence-corrected chi connectivity index (χ4v) is 2.90. The molecule has 3 atom stereocenters. The van der Waals surface area contributed by atoms with Crippen LogP contribution in [0.25, 0.3) is 0 Å². The molecule has 2 rings (SSSR count). The third-order valence-electron chi connectivity index (χ3n) is 4.14. The van der Waals surface area contributed by atoms with Crippen LogP contribution in [0.5, 0.6) is 0 Å². The Kier molecular flexibility index (Phi) is 5.80. The first-order chi connectivity index (χ1) is 10.2. The van der Waals surface area contributed by atoms with Crippen LogP contribution in [0, 0.1) is 6.92 Å². The molecule has 0 saturated carbocycles. The van der Waals surface area contributed by atoms with Crippen LogP contribution in [0.4, 0.5) is 0 Å². The van der Waals surface area contributed by atoms with Crippen molar-refractivity contribution in [3.63, 3.8) is 0 Å². The van der Waals surface area contributed by atoms with Crippen molar-refractivity contribution >= 4 is 5.97 Å². The average molecular weight is 289 g/mol. The zero-order chi connectivity index (χ0) is 15.2. The lowest BCUT2D eigenvalue weighted by Gasteiger charge is -2.04. The van der Waals surface area contributed by atoms with E-state index >= 15 is 0 Å². The van der Waals surface area contributed by atoms with Crippen molar-refractivity contribution in [2.75, 3.05) is 13.2 Å².